The van der Waals surface area contributed by atoms with Crippen molar-refractivity contribution in [2.75, 3.05) is 12.9 Å². The zero-order valence-electron chi connectivity index (χ0n) is 16.2. The Morgan fingerprint density at radius 3 is 2.00 bits per heavy atom. The minimum Gasteiger partial charge on any atom is -0.467 e. The molecule has 0 saturated carbocycles. The number of thioether (sulfide) groups is 1. The fourth-order valence-electron chi connectivity index (χ4n) is 1.91. The summed E-state index contributed by atoms with van der Waals surface area (Å²) in [6.45, 7) is 8.53. The molecule has 0 heterocycles. The lowest BCUT2D eigenvalue weighted by atomic mass is 10.0. The molecule has 27 heavy (non-hydrogen) atoms. The van der Waals surface area contributed by atoms with Crippen LogP contribution in [0.1, 0.15) is 41.0 Å². The fraction of sp³-hybridized carbons (Fsp3) is 0.812. The molecule has 0 radical (unpaired) electrons. The Balaban J connectivity index is 5.14. The van der Waals surface area contributed by atoms with E-state index < -0.39 is 58.7 Å². The van der Waals surface area contributed by atoms with Gasteiger partial charge in [0.1, 0.15) is 17.7 Å². The SMILES string of the molecule is COC(=O)C(CSC(F)(F)F)NC(=O)C(CC(C)C)NC(=O)OC(C)(C)C. The van der Waals surface area contributed by atoms with Crippen LogP contribution in [0, 0.1) is 5.92 Å². The van der Waals surface area contributed by atoms with Gasteiger partial charge in [-0.05, 0) is 44.9 Å². The highest BCUT2D eigenvalue weighted by molar-refractivity contribution is 8.00. The summed E-state index contributed by atoms with van der Waals surface area (Å²) in [7, 11) is 1.00. The molecule has 11 heteroatoms. The van der Waals surface area contributed by atoms with E-state index >= 15 is 0 Å². The molecule has 0 aliphatic carbocycles. The maximum absolute atomic E-state index is 12.5. The molecule has 2 atom stereocenters. The van der Waals surface area contributed by atoms with Crippen LogP contribution in [0.4, 0.5) is 18.0 Å². The van der Waals surface area contributed by atoms with Crippen LogP contribution in [0.25, 0.3) is 0 Å². The lowest BCUT2D eigenvalue weighted by Gasteiger charge is -2.25. The minimum atomic E-state index is -4.57. The Morgan fingerprint density at radius 2 is 1.59 bits per heavy atom. The molecule has 0 bridgehead atoms. The molecule has 2 amide bonds. The fourth-order valence-corrected chi connectivity index (χ4v) is 2.49. The quantitative estimate of drug-likeness (QED) is 0.591. The van der Waals surface area contributed by atoms with E-state index in [1.807, 2.05) is 0 Å². The van der Waals surface area contributed by atoms with Gasteiger partial charge < -0.3 is 20.1 Å². The lowest BCUT2D eigenvalue weighted by Crippen LogP contribution is -2.53. The van der Waals surface area contributed by atoms with Crippen molar-refractivity contribution in [2.24, 2.45) is 5.92 Å². The summed E-state index contributed by atoms with van der Waals surface area (Å²) in [6, 6.07) is -2.59. The van der Waals surface area contributed by atoms with Gasteiger partial charge in [0.05, 0.1) is 7.11 Å². The first-order valence-corrected chi connectivity index (χ1v) is 9.21. The first-order chi connectivity index (χ1) is 12.1. The van der Waals surface area contributed by atoms with Crippen molar-refractivity contribution in [1.29, 1.82) is 0 Å². The summed E-state index contributed by atoms with van der Waals surface area (Å²) in [5, 5.41) is 4.59. The number of alkyl carbamates (subject to hydrolysis) is 1. The Hall–Kier alpha value is -1.65. The van der Waals surface area contributed by atoms with Crippen LogP contribution in [0.2, 0.25) is 0 Å². The molecule has 0 aliphatic rings. The smallest absolute Gasteiger partial charge is 0.441 e. The number of halogens is 3. The highest BCUT2D eigenvalue weighted by Crippen LogP contribution is 2.30. The number of ether oxygens (including phenoxy) is 2. The maximum atomic E-state index is 12.5. The number of carbonyl (C=O) groups is 3. The predicted octanol–water partition coefficient (Wildman–Crippen LogP) is 2.84. The van der Waals surface area contributed by atoms with E-state index in [-0.39, 0.29) is 12.3 Å². The Labute approximate surface area is 161 Å². The van der Waals surface area contributed by atoms with Gasteiger partial charge in [-0.1, -0.05) is 13.8 Å². The highest BCUT2D eigenvalue weighted by atomic mass is 32.2. The molecule has 7 nitrogen and oxygen atoms in total. The van der Waals surface area contributed by atoms with Crippen LogP contribution >= 0.6 is 11.8 Å². The van der Waals surface area contributed by atoms with Gasteiger partial charge in [-0.25, -0.2) is 9.59 Å². The van der Waals surface area contributed by atoms with E-state index in [1.165, 1.54) is 0 Å². The molecule has 0 aromatic heterocycles. The largest absolute Gasteiger partial charge is 0.467 e. The molecule has 158 valence electrons. The second kappa shape index (κ2) is 10.6. The Bertz CT molecular complexity index is 521. The van der Waals surface area contributed by atoms with Crippen LogP contribution in [0.3, 0.4) is 0 Å². The average molecular weight is 416 g/mol. The number of esters is 1. The summed E-state index contributed by atoms with van der Waals surface area (Å²) in [4.78, 5) is 36.1. The van der Waals surface area contributed by atoms with Crippen LogP contribution in [0.5, 0.6) is 0 Å². The molecule has 0 aliphatic heterocycles. The number of alkyl halides is 3. The van der Waals surface area contributed by atoms with Crippen LogP contribution in [0.15, 0.2) is 0 Å². The molecule has 0 fully saturated rings. The third-order valence-electron chi connectivity index (χ3n) is 2.93. The lowest BCUT2D eigenvalue weighted by molar-refractivity contribution is -0.144. The van der Waals surface area contributed by atoms with Crippen molar-refractivity contribution in [3.05, 3.63) is 0 Å². The Kier molecular flexibility index (Phi) is 9.97. The number of hydrogen-bond donors (Lipinski definition) is 2. The van der Waals surface area contributed by atoms with Gasteiger partial charge >= 0.3 is 17.6 Å². The second-order valence-electron chi connectivity index (χ2n) is 7.17. The van der Waals surface area contributed by atoms with Crippen molar-refractivity contribution in [2.45, 2.75) is 64.2 Å². The molecular formula is C16H27F3N2O5S. The number of methoxy groups -OCH3 is 1. The van der Waals surface area contributed by atoms with Crippen molar-refractivity contribution in [1.82, 2.24) is 10.6 Å². The topological polar surface area (TPSA) is 93.7 Å². The summed E-state index contributed by atoms with van der Waals surface area (Å²) in [5.41, 5.74) is -5.36. The first kappa shape index (κ1) is 25.4. The summed E-state index contributed by atoms with van der Waals surface area (Å²) >= 11 is -0.453. The minimum absolute atomic E-state index is 0.0168. The molecule has 0 aromatic carbocycles. The zero-order valence-corrected chi connectivity index (χ0v) is 17.0. The highest BCUT2D eigenvalue weighted by Gasteiger charge is 2.34. The standard InChI is InChI=1S/C16H27F3N2O5S/c1-9(2)7-10(21-14(24)26-15(3,4)5)12(22)20-11(13(23)25-6)8-27-16(17,18)19/h9-11H,7-8H2,1-6H3,(H,20,22)(H,21,24). The van der Waals surface area contributed by atoms with E-state index in [2.05, 4.69) is 15.4 Å². The van der Waals surface area contributed by atoms with Gasteiger partial charge in [-0.3, -0.25) is 4.79 Å². The number of carbonyl (C=O) groups excluding carboxylic acids is 3. The predicted molar refractivity (Wildman–Crippen MR) is 95.1 cm³/mol. The van der Waals surface area contributed by atoms with Crippen LogP contribution < -0.4 is 10.6 Å². The molecule has 2 unspecified atom stereocenters. The van der Waals surface area contributed by atoms with Crippen molar-refractivity contribution in [3.8, 4) is 0 Å². The van der Waals surface area contributed by atoms with Gasteiger partial charge in [0.15, 0.2) is 0 Å². The van der Waals surface area contributed by atoms with E-state index in [0.29, 0.717) is 0 Å². The maximum Gasteiger partial charge on any atom is 0.441 e. The second-order valence-corrected chi connectivity index (χ2v) is 8.25. The third kappa shape index (κ3) is 12.4. The number of nitrogens with one attached hydrogen (secondary N) is 2. The van der Waals surface area contributed by atoms with Gasteiger partial charge in [0, 0.05) is 5.75 Å². The van der Waals surface area contributed by atoms with Crippen LogP contribution in [-0.2, 0) is 19.1 Å². The van der Waals surface area contributed by atoms with Gasteiger partial charge in [0.25, 0.3) is 0 Å². The average Bonchev–Trinajstić information content (AvgIpc) is 2.46. The monoisotopic (exact) mass is 416 g/mol. The van der Waals surface area contributed by atoms with Gasteiger partial charge in [-0.15, -0.1) is 0 Å². The molecular weight excluding hydrogens is 389 g/mol. The summed E-state index contributed by atoms with van der Waals surface area (Å²) in [6.07, 6.45) is -0.645. The number of rotatable bonds is 8. The third-order valence-corrected chi connectivity index (χ3v) is 3.76. The number of hydrogen-bond acceptors (Lipinski definition) is 6. The zero-order chi connectivity index (χ0) is 21.4. The van der Waals surface area contributed by atoms with E-state index in [9.17, 15) is 27.6 Å². The summed E-state index contributed by atoms with van der Waals surface area (Å²) < 4.78 is 46.7. The Morgan fingerprint density at radius 1 is 1.04 bits per heavy atom. The van der Waals surface area contributed by atoms with Crippen LogP contribution in [-0.4, -0.2) is 54.0 Å². The molecule has 0 spiro atoms. The summed E-state index contributed by atoms with van der Waals surface area (Å²) in [5.74, 6) is -2.58. The molecule has 0 rings (SSSR count). The van der Waals surface area contributed by atoms with Crippen molar-refractivity contribution >= 4 is 29.7 Å². The first-order valence-electron chi connectivity index (χ1n) is 8.23. The van der Waals surface area contributed by atoms with Gasteiger partial charge in [-0.2, -0.15) is 13.2 Å². The normalized spacial score (nSPS) is 14.3. The molecule has 0 aromatic rings. The van der Waals surface area contributed by atoms with E-state index in [1.54, 1.807) is 34.6 Å². The molecule has 2 N–H and O–H groups in total. The molecule has 0 saturated heterocycles. The van der Waals surface area contributed by atoms with E-state index in [0.717, 1.165) is 7.11 Å². The van der Waals surface area contributed by atoms with Crippen molar-refractivity contribution < 1.29 is 37.0 Å². The van der Waals surface area contributed by atoms with Gasteiger partial charge in [0.2, 0.25) is 5.91 Å². The number of amides is 2. The van der Waals surface area contributed by atoms with Crippen molar-refractivity contribution in [3.63, 3.8) is 0 Å². The van der Waals surface area contributed by atoms with E-state index in [4.69, 9.17) is 4.74 Å².